The van der Waals surface area contributed by atoms with E-state index in [9.17, 15) is 0 Å². The molecule has 116 valence electrons. The van der Waals surface area contributed by atoms with Crippen LogP contribution in [0.3, 0.4) is 0 Å². The summed E-state index contributed by atoms with van der Waals surface area (Å²) in [7, 11) is 0. The predicted octanol–water partition coefficient (Wildman–Crippen LogP) is 2.83. The van der Waals surface area contributed by atoms with Crippen molar-refractivity contribution in [2.75, 3.05) is 49.5 Å². The number of anilines is 2. The van der Waals surface area contributed by atoms with Crippen molar-refractivity contribution in [1.29, 1.82) is 0 Å². The van der Waals surface area contributed by atoms with Gasteiger partial charge in [-0.25, -0.2) is 0 Å². The predicted molar refractivity (Wildman–Crippen MR) is 89.0 cm³/mol. The number of hydrogen-bond acceptors (Lipinski definition) is 4. The maximum Gasteiger partial charge on any atom is 0.0573 e. The van der Waals surface area contributed by atoms with Crippen molar-refractivity contribution in [3.8, 4) is 0 Å². The Balaban J connectivity index is 1.51. The van der Waals surface area contributed by atoms with Gasteiger partial charge in [-0.3, -0.25) is 4.98 Å². The highest BCUT2D eigenvalue weighted by Crippen LogP contribution is 2.25. The molecule has 0 amide bonds. The zero-order valence-electron chi connectivity index (χ0n) is 13.2. The van der Waals surface area contributed by atoms with E-state index >= 15 is 0 Å². The van der Waals surface area contributed by atoms with Gasteiger partial charge in [-0.05, 0) is 57.7 Å². The second-order valence-corrected chi connectivity index (χ2v) is 6.40. The Hall–Kier alpha value is -1.29. The Bertz CT molecular complexity index is 434. The van der Waals surface area contributed by atoms with Gasteiger partial charge < -0.3 is 15.1 Å². The van der Waals surface area contributed by atoms with Crippen LogP contribution in [0.1, 0.15) is 32.6 Å². The first-order valence-electron chi connectivity index (χ1n) is 8.51. The van der Waals surface area contributed by atoms with E-state index in [0.717, 1.165) is 18.2 Å². The highest BCUT2D eigenvalue weighted by molar-refractivity contribution is 5.55. The Morgan fingerprint density at radius 2 is 1.90 bits per heavy atom. The van der Waals surface area contributed by atoms with Gasteiger partial charge in [0, 0.05) is 26.2 Å². The van der Waals surface area contributed by atoms with Crippen LogP contribution in [0, 0.1) is 5.92 Å². The molecule has 4 heteroatoms. The fourth-order valence-electron chi connectivity index (χ4n) is 3.61. The molecule has 4 nitrogen and oxygen atoms in total. The van der Waals surface area contributed by atoms with E-state index in [4.69, 9.17) is 0 Å². The van der Waals surface area contributed by atoms with Crippen molar-refractivity contribution >= 4 is 11.4 Å². The van der Waals surface area contributed by atoms with Crippen LogP contribution in [0.5, 0.6) is 0 Å². The molecule has 2 aliphatic heterocycles. The molecule has 2 saturated heterocycles. The maximum absolute atomic E-state index is 4.37. The summed E-state index contributed by atoms with van der Waals surface area (Å²) < 4.78 is 0. The quantitative estimate of drug-likeness (QED) is 0.903. The standard InChI is InChI=1S/C17H28N4/c1-2-19-16-11-17(13-18-12-16)21-9-5-15(6-10-21)14-20-7-3-4-8-20/h11-13,15,19H,2-10,14H2,1H3. The summed E-state index contributed by atoms with van der Waals surface area (Å²) in [6, 6.07) is 2.23. The molecule has 0 bridgehead atoms. The topological polar surface area (TPSA) is 31.4 Å². The van der Waals surface area contributed by atoms with Gasteiger partial charge in [-0.2, -0.15) is 0 Å². The molecule has 0 unspecified atom stereocenters. The van der Waals surface area contributed by atoms with Crippen LogP contribution in [0.25, 0.3) is 0 Å². The lowest BCUT2D eigenvalue weighted by Crippen LogP contribution is -2.38. The van der Waals surface area contributed by atoms with E-state index in [1.54, 1.807) is 0 Å². The summed E-state index contributed by atoms with van der Waals surface area (Å²) in [4.78, 5) is 9.52. The molecule has 0 radical (unpaired) electrons. The van der Waals surface area contributed by atoms with Gasteiger partial charge in [-0.15, -0.1) is 0 Å². The number of pyridine rings is 1. The van der Waals surface area contributed by atoms with Crippen molar-refractivity contribution < 1.29 is 0 Å². The first-order valence-corrected chi connectivity index (χ1v) is 8.51. The monoisotopic (exact) mass is 288 g/mol. The van der Waals surface area contributed by atoms with Gasteiger partial charge in [0.25, 0.3) is 0 Å². The van der Waals surface area contributed by atoms with Crippen LogP contribution in [0.15, 0.2) is 18.5 Å². The summed E-state index contributed by atoms with van der Waals surface area (Å²) in [6.07, 6.45) is 9.36. The van der Waals surface area contributed by atoms with Crippen molar-refractivity contribution in [3.63, 3.8) is 0 Å². The van der Waals surface area contributed by atoms with Crippen LogP contribution in [0.2, 0.25) is 0 Å². The molecular formula is C17H28N4. The van der Waals surface area contributed by atoms with E-state index in [0.29, 0.717) is 0 Å². The summed E-state index contributed by atoms with van der Waals surface area (Å²) in [6.45, 7) is 9.40. The smallest absolute Gasteiger partial charge is 0.0573 e. The zero-order valence-corrected chi connectivity index (χ0v) is 13.2. The molecule has 0 atom stereocenters. The van der Waals surface area contributed by atoms with Crippen molar-refractivity contribution in [1.82, 2.24) is 9.88 Å². The molecule has 0 aromatic carbocycles. The summed E-state index contributed by atoms with van der Waals surface area (Å²) in [5.74, 6) is 0.893. The second-order valence-electron chi connectivity index (χ2n) is 6.40. The van der Waals surface area contributed by atoms with Gasteiger partial charge >= 0.3 is 0 Å². The van der Waals surface area contributed by atoms with E-state index < -0.39 is 0 Å². The van der Waals surface area contributed by atoms with Crippen molar-refractivity contribution in [2.45, 2.75) is 32.6 Å². The average molecular weight is 288 g/mol. The third-order valence-corrected chi connectivity index (χ3v) is 4.80. The minimum Gasteiger partial charge on any atom is -0.384 e. The molecule has 1 N–H and O–H groups in total. The van der Waals surface area contributed by atoms with Crippen LogP contribution in [-0.4, -0.2) is 49.2 Å². The molecule has 1 aromatic rings. The molecule has 2 aliphatic rings. The number of likely N-dealkylation sites (tertiary alicyclic amines) is 1. The molecule has 0 aliphatic carbocycles. The SMILES string of the molecule is CCNc1cncc(N2CCC(CN3CCCC3)CC2)c1. The van der Waals surface area contributed by atoms with Gasteiger partial charge in [0.05, 0.1) is 23.8 Å². The molecule has 0 spiro atoms. The maximum atomic E-state index is 4.37. The summed E-state index contributed by atoms with van der Waals surface area (Å²) in [5, 5.41) is 3.35. The van der Waals surface area contributed by atoms with Gasteiger partial charge in [-0.1, -0.05) is 0 Å². The first kappa shape index (κ1) is 14.6. The van der Waals surface area contributed by atoms with E-state index in [2.05, 4.69) is 33.1 Å². The highest BCUT2D eigenvalue weighted by Gasteiger charge is 2.23. The molecule has 3 heterocycles. The number of aromatic nitrogens is 1. The average Bonchev–Trinajstić information content (AvgIpc) is 3.02. The molecular weight excluding hydrogens is 260 g/mol. The lowest BCUT2D eigenvalue weighted by atomic mass is 9.96. The van der Waals surface area contributed by atoms with Gasteiger partial charge in [0.2, 0.25) is 0 Å². The van der Waals surface area contributed by atoms with Crippen LogP contribution >= 0.6 is 0 Å². The van der Waals surface area contributed by atoms with Gasteiger partial charge in [0.1, 0.15) is 0 Å². The molecule has 1 aromatic heterocycles. The highest BCUT2D eigenvalue weighted by atomic mass is 15.2. The Morgan fingerprint density at radius 3 is 2.62 bits per heavy atom. The summed E-state index contributed by atoms with van der Waals surface area (Å²) >= 11 is 0. The van der Waals surface area contributed by atoms with Gasteiger partial charge in [0.15, 0.2) is 0 Å². The fraction of sp³-hybridized carbons (Fsp3) is 0.706. The van der Waals surface area contributed by atoms with E-state index in [-0.39, 0.29) is 0 Å². The number of nitrogens with one attached hydrogen (secondary N) is 1. The fourth-order valence-corrected chi connectivity index (χ4v) is 3.61. The minimum absolute atomic E-state index is 0.893. The minimum atomic E-state index is 0.893. The Kier molecular flexibility index (Phi) is 4.96. The molecule has 21 heavy (non-hydrogen) atoms. The Morgan fingerprint density at radius 1 is 1.14 bits per heavy atom. The Labute approximate surface area is 128 Å². The third kappa shape index (κ3) is 3.88. The largest absolute Gasteiger partial charge is 0.384 e. The third-order valence-electron chi connectivity index (χ3n) is 4.80. The summed E-state index contributed by atoms with van der Waals surface area (Å²) in [5.41, 5.74) is 2.40. The second kappa shape index (κ2) is 7.12. The number of nitrogens with zero attached hydrogens (tertiary/aromatic N) is 3. The number of rotatable bonds is 5. The van der Waals surface area contributed by atoms with Crippen LogP contribution < -0.4 is 10.2 Å². The number of hydrogen-bond donors (Lipinski definition) is 1. The van der Waals surface area contributed by atoms with Crippen LogP contribution in [-0.2, 0) is 0 Å². The molecule has 2 fully saturated rings. The van der Waals surface area contributed by atoms with E-state index in [1.807, 2.05) is 12.4 Å². The lowest BCUT2D eigenvalue weighted by molar-refractivity contribution is 0.249. The molecule has 3 rings (SSSR count). The normalized spacial score (nSPS) is 20.9. The van der Waals surface area contributed by atoms with Crippen LogP contribution in [0.4, 0.5) is 11.4 Å². The lowest BCUT2D eigenvalue weighted by Gasteiger charge is -2.35. The molecule has 0 saturated carbocycles. The van der Waals surface area contributed by atoms with Crippen molar-refractivity contribution in [2.24, 2.45) is 5.92 Å². The van der Waals surface area contributed by atoms with E-state index in [1.165, 1.54) is 64.1 Å². The number of piperidine rings is 1. The van der Waals surface area contributed by atoms with Crippen molar-refractivity contribution in [3.05, 3.63) is 18.5 Å². The first-order chi connectivity index (χ1) is 10.3. The zero-order chi connectivity index (χ0) is 14.5.